The maximum absolute atomic E-state index is 13.2. The lowest BCUT2D eigenvalue weighted by molar-refractivity contribution is -0.192. The zero-order valence-corrected chi connectivity index (χ0v) is 64.2. The van der Waals surface area contributed by atoms with Crippen LogP contribution >= 0.6 is 0 Å². The van der Waals surface area contributed by atoms with Gasteiger partial charge in [0.15, 0.2) is 22.9 Å². The van der Waals surface area contributed by atoms with E-state index in [1.165, 1.54) is 24.3 Å². The molecule has 2 fully saturated rings. The first-order valence-electron chi connectivity index (χ1n) is 37.4. The van der Waals surface area contributed by atoms with Crippen molar-refractivity contribution in [2.45, 2.75) is 151 Å². The molecule has 10 aromatic rings. The largest absolute Gasteiger partial charge is 0.490 e. The number of unbranched alkanes of at least 4 members (excludes halogenated alkanes) is 4. The van der Waals surface area contributed by atoms with Gasteiger partial charge in [-0.2, -0.15) is 13.2 Å². The number of nitrogens with two attached hydrogens (primary N) is 1. The van der Waals surface area contributed by atoms with Gasteiger partial charge in [-0.3, -0.25) is 92.3 Å². The fourth-order valence-electron chi connectivity index (χ4n) is 13.7. The van der Waals surface area contributed by atoms with Crippen molar-refractivity contribution in [3.8, 4) is 56.3 Å². The van der Waals surface area contributed by atoms with E-state index < -0.39 is 77.5 Å². The molecule has 2 unspecified atom stereocenters. The number of carbonyl (C=O) groups excluding carboxylic acids is 11. The van der Waals surface area contributed by atoms with Crippen molar-refractivity contribution in [1.29, 1.82) is 0 Å². The van der Waals surface area contributed by atoms with E-state index in [2.05, 4.69) is 46.5 Å². The minimum Gasteiger partial charge on any atom is -0.485 e. The van der Waals surface area contributed by atoms with Crippen molar-refractivity contribution in [1.82, 2.24) is 64.8 Å². The van der Waals surface area contributed by atoms with Crippen molar-refractivity contribution in [3.05, 3.63) is 173 Å². The first kappa shape index (κ1) is 89.9. The number of nitrogens with one attached hydrogen (secondary N) is 4. The zero-order valence-electron chi connectivity index (χ0n) is 64.2. The SMILES string of the molecule is C.C.Cc1noc(C)c1-c1ccc(-c2nc3cnccn3c2CCC(=O)NCCCCCC(=O)COc2cccc3c2C(=O)N(C2CCC(=O)NC2=O)C3=O)cc1.Cc1noc(C)c1-c1ccc(-c2nc3cnccn3c2NCC(=O)O)cc1.NCCCCCC(=O)COc1cccc2c1C(=O)N(C1CCC(=O)NC1=O)C2=O.O=C(O)C(F)(F)F. The number of rotatable bonds is 29. The summed E-state index contributed by atoms with van der Waals surface area (Å²) in [6.07, 6.45) is 11.0. The highest BCUT2D eigenvalue weighted by atomic mass is 19.4. The Hall–Kier alpha value is -14.0. The van der Waals surface area contributed by atoms with Crippen molar-refractivity contribution < 1.29 is 104 Å². The molecule has 630 valence electrons. The number of piperidine rings is 2. The number of halogens is 3. The summed E-state index contributed by atoms with van der Waals surface area (Å²) in [7, 11) is 0. The van der Waals surface area contributed by atoms with E-state index in [9.17, 15) is 70.7 Å². The van der Waals surface area contributed by atoms with Gasteiger partial charge in [0.1, 0.15) is 66.4 Å². The molecule has 8 N–H and O–H groups in total. The van der Waals surface area contributed by atoms with E-state index in [0.29, 0.717) is 74.4 Å². The van der Waals surface area contributed by atoms with Gasteiger partial charge < -0.3 is 49.5 Å². The van der Waals surface area contributed by atoms with Gasteiger partial charge in [-0.25, -0.2) is 14.8 Å². The number of Topliss-reactive ketones (excluding diaryl/α,β-unsaturated/α-hetero) is 2. The molecule has 2 atom stereocenters. The van der Waals surface area contributed by atoms with Crippen LogP contribution in [0.2, 0.25) is 0 Å². The van der Waals surface area contributed by atoms with Crippen LogP contribution in [-0.4, -0.2) is 187 Å². The number of ether oxygens (including phenoxy) is 2. The summed E-state index contributed by atoms with van der Waals surface area (Å²) in [4.78, 5) is 176. The molecule has 0 spiro atoms. The van der Waals surface area contributed by atoms with Crippen LogP contribution in [0.4, 0.5) is 19.0 Å². The van der Waals surface area contributed by atoms with Crippen molar-refractivity contribution >= 4 is 93.8 Å². The minimum atomic E-state index is -5.08. The lowest BCUT2D eigenvalue weighted by Crippen LogP contribution is -2.54. The molecular weight excluding hydrogens is 1570 g/mol. The van der Waals surface area contributed by atoms with Crippen LogP contribution in [0.15, 0.2) is 131 Å². The molecule has 10 heterocycles. The number of nitrogens with zero attached hydrogens (tertiary/aromatic N) is 10. The Bertz CT molecular complexity index is 5500. The average Bonchev–Trinajstić information content (AvgIpc) is 1.57. The van der Waals surface area contributed by atoms with Crippen LogP contribution in [0.5, 0.6) is 11.5 Å². The zero-order chi connectivity index (χ0) is 84.6. The number of aliphatic carboxylic acids is 2. The van der Waals surface area contributed by atoms with Gasteiger partial charge in [0.2, 0.25) is 29.5 Å². The Morgan fingerprint density at radius 2 is 1.01 bits per heavy atom. The Morgan fingerprint density at radius 1 is 0.567 bits per heavy atom. The Labute approximate surface area is 683 Å². The summed E-state index contributed by atoms with van der Waals surface area (Å²) >= 11 is 0. The fraction of sp³-hybridized carbons (Fsp3) is 0.337. The number of alkyl halides is 3. The van der Waals surface area contributed by atoms with E-state index >= 15 is 0 Å². The molecule has 0 bridgehead atoms. The van der Waals surface area contributed by atoms with Gasteiger partial charge in [-0.05, 0) is 115 Å². The standard InChI is InChI=1S/C40H39N7O8.C20H23N3O6.C19H17N5O3.C2HF3O2.2CH4/c1-23-35(24(2)55-45-23)25-10-12-26(13-11-25)37-29(46-20-19-41-21-32(46)43-37)14-16-33(49)42-18-5-3-4-7-27(48)22-54-31-9-6-8-28-36(31)40(53)47(39(28)52)30-15-17-34(50)44-38(30)51;21-10-3-1-2-5-12(24)11-29-15-7-4-6-13-17(15)20(28)23(19(13)27)14-8-9-16(25)22-18(14)26;1-11-17(12(2)27-23-11)13-3-5-14(6-4-13)18-19(21-10-16(25)26)24-8-7-20-9-15(24)22-18;3-2(4,5)1(6)7;;/h6,8-13,19-21,30H,3-5,7,14-18,22H2,1-2H3,(H,42,49)(H,44,50,51);4,6-7,14H,1-3,5,8-11,21H2,(H,22,25,26);3-9,21H,10H2,1-2H3,(H,25,26);(H,6,7);2*1H4. The summed E-state index contributed by atoms with van der Waals surface area (Å²) in [6, 6.07) is 22.8. The number of ketones is 2. The number of carboxylic acids is 2. The Balaban J connectivity index is 0.000000212. The molecule has 6 aromatic heterocycles. The molecule has 34 nitrogen and oxygen atoms in total. The predicted octanol–water partition coefficient (Wildman–Crippen LogP) is 9.95. The highest BCUT2D eigenvalue weighted by molar-refractivity contribution is 6.25. The monoisotopic (exact) mass is 1660 g/mol. The van der Waals surface area contributed by atoms with Crippen LogP contribution in [0.1, 0.15) is 168 Å². The fourth-order valence-corrected chi connectivity index (χ4v) is 13.7. The number of hydrogen-bond acceptors (Lipinski definition) is 25. The number of benzene rings is 4. The molecule has 4 aliphatic rings. The predicted molar refractivity (Wildman–Crippen MR) is 425 cm³/mol. The van der Waals surface area contributed by atoms with Gasteiger partial charge in [-0.1, -0.05) is 98.7 Å². The third kappa shape index (κ3) is 21.0. The van der Waals surface area contributed by atoms with Crippen LogP contribution < -0.4 is 36.5 Å². The molecule has 4 aromatic carbocycles. The molecule has 0 saturated carbocycles. The number of imide groups is 4. The molecule has 14 rings (SSSR count). The van der Waals surface area contributed by atoms with Crippen LogP contribution in [-0.2, 0) is 49.6 Å². The minimum absolute atomic E-state index is 0. The second kappa shape index (κ2) is 40.2. The molecule has 120 heavy (non-hydrogen) atoms. The summed E-state index contributed by atoms with van der Waals surface area (Å²) in [6.45, 7) is 7.92. The highest BCUT2D eigenvalue weighted by Crippen LogP contribution is 2.38. The normalized spacial score (nSPS) is 14.7. The number of carboxylic acid groups (broad SMARTS) is 2. The summed E-state index contributed by atoms with van der Waals surface area (Å²) in [5.74, 6) is -6.63. The number of amides is 9. The second-order valence-corrected chi connectivity index (χ2v) is 27.6. The third-order valence-corrected chi connectivity index (χ3v) is 19.4. The Morgan fingerprint density at radius 3 is 1.45 bits per heavy atom. The summed E-state index contributed by atoms with van der Waals surface area (Å²) in [5.41, 5.74) is 16.7. The maximum Gasteiger partial charge on any atom is 0.490 e. The third-order valence-electron chi connectivity index (χ3n) is 19.4. The topological polar surface area (TPSA) is 474 Å². The van der Waals surface area contributed by atoms with Crippen molar-refractivity contribution in [2.24, 2.45) is 5.73 Å². The highest BCUT2D eigenvalue weighted by Gasteiger charge is 2.48. The molecule has 37 heteroatoms. The van der Waals surface area contributed by atoms with E-state index in [1.54, 1.807) is 47.5 Å². The lowest BCUT2D eigenvalue weighted by atomic mass is 10.0. The van der Waals surface area contributed by atoms with Crippen LogP contribution in [0.3, 0.4) is 0 Å². The van der Waals surface area contributed by atoms with E-state index in [-0.39, 0.29) is 124 Å². The lowest BCUT2D eigenvalue weighted by Gasteiger charge is -2.27. The summed E-state index contributed by atoms with van der Waals surface area (Å²) in [5, 5.41) is 34.4. The average molecular weight is 1660 g/mol. The number of imidazole rings is 2. The number of aryl methyl sites for hydroxylation is 5. The van der Waals surface area contributed by atoms with E-state index in [4.69, 9.17) is 44.2 Å². The maximum atomic E-state index is 13.2. The smallest absolute Gasteiger partial charge is 0.485 e. The Kier molecular flexibility index (Phi) is 30.2. The molecule has 4 aliphatic heterocycles. The van der Waals surface area contributed by atoms with Gasteiger partial charge in [0.05, 0.1) is 57.4 Å². The quantitative estimate of drug-likeness (QED) is 0.0169. The van der Waals surface area contributed by atoms with Gasteiger partial charge in [-0.15, -0.1) is 0 Å². The van der Waals surface area contributed by atoms with E-state index in [1.807, 2.05) is 86.8 Å². The first-order valence-corrected chi connectivity index (χ1v) is 37.4. The van der Waals surface area contributed by atoms with Crippen molar-refractivity contribution in [3.63, 3.8) is 0 Å². The number of aromatic nitrogens is 8. The molecular formula is C83H88F3N15O19. The first-order chi connectivity index (χ1) is 56.5. The van der Waals surface area contributed by atoms with E-state index in [0.717, 1.165) is 90.3 Å². The van der Waals surface area contributed by atoms with Gasteiger partial charge in [0.25, 0.3) is 23.6 Å². The number of fused-ring (bicyclic) bond motifs is 4. The van der Waals surface area contributed by atoms with Gasteiger partial charge >= 0.3 is 18.1 Å². The second-order valence-electron chi connectivity index (χ2n) is 27.6. The van der Waals surface area contributed by atoms with Gasteiger partial charge in [0, 0.05) is 85.7 Å². The number of carbonyl (C=O) groups is 13. The number of anilines is 1. The van der Waals surface area contributed by atoms with Crippen LogP contribution in [0, 0.1) is 27.7 Å². The van der Waals surface area contributed by atoms with Crippen LogP contribution in [0.25, 0.3) is 56.1 Å². The molecule has 0 radical (unpaired) electrons. The summed E-state index contributed by atoms with van der Waals surface area (Å²) < 4.78 is 57.3. The molecule has 9 amide bonds. The number of hydrogen-bond donors (Lipinski definition) is 7. The van der Waals surface area contributed by atoms with Crippen molar-refractivity contribution in [2.75, 3.05) is 38.2 Å². The molecule has 2 saturated heterocycles. The molecule has 0 aliphatic carbocycles.